The van der Waals surface area contributed by atoms with E-state index in [0.29, 0.717) is 11.6 Å². The Hall–Kier alpha value is -0.120. The zero-order valence-electron chi connectivity index (χ0n) is 18.9. The molecule has 0 radical (unpaired) electrons. The molecule has 0 N–H and O–H groups in total. The van der Waals surface area contributed by atoms with Gasteiger partial charge in [-0.05, 0) is 79.8 Å². The van der Waals surface area contributed by atoms with Crippen molar-refractivity contribution in [1.82, 2.24) is 14.7 Å². The maximum atomic E-state index is 2.75. The molecule has 2 aliphatic rings. The summed E-state index contributed by atoms with van der Waals surface area (Å²) in [4.78, 5) is 8.10. The lowest BCUT2D eigenvalue weighted by molar-refractivity contribution is -0.00992. The summed E-state index contributed by atoms with van der Waals surface area (Å²) in [6.45, 7) is 28.4. The summed E-state index contributed by atoms with van der Waals surface area (Å²) >= 11 is 0. The minimum absolute atomic E-state index is 0.287. The van der Waals surface area contributed by atoms with Gasteiger partial charge in [-0.3, -0.25) is 14.7 Å². The summed E-state index contributed by atoms with van der Waals surface area (Å²) in [6.07, 6.45) is 4.00. The molecule has 0 aromatic rings. The van der Waals surface area contributed by atoms with Crippen LogP contribution >= 0.6 is 0 Å². The fourth-order valence-electron chi connectivity index (χ4n) is 4.74. The Balaban J connectivity index is 0.00000151. The molecule has 0 atom stereocenters. The molecule has 0 aliphatic carbocycles. The molecule has 2 aliphatic heterocycles. The Kier molecular flexibility index (Phi) is 8.90. The van der Waals surface area contributed by atoms with Gasteiger partial charge in [-0.15, -0.1) is 0 Å². The first-order chi connectivity index (χ1) is 11.6. The van der Waals surface area contributed by atoms with E-state index in [2.05, 4.69) is 63.2 Å². The number of hydrogen-bond acceptors (Lipinski definition) is 3. The van der Waals surface area contributed by atoms with Crippen molar-refractivity contribution >= 4 is 0 Å². The third-order valence-corrected chi connectivity index (χ3v) is 6.41. The molecule has 0 bridgehead atoms. The fraction of sp³-hybridized carbons (Fsp3) is 1.00. The van der Waals surface area contributed by atoms with Crippen LogP contribution in [0.15, 0.2) is 0 Å². The monoisotopic (exact) mass is 353 g/mol. The molecule has 3 nitrogen and oxygen atoms in total. The number of nitrogens with zero attached hydrogens (tertiary/aromatic N) is 3. The second kappa shape index (κ2) is 9.71. The van der Waals surface area contributed by atoms with E-state index in [1.54, 1.807) is 0 Å². The molecule has 0 saturated carbocycles. The van der Waals surface area contributed by atoms with Gasteiger partial charge in [-0.25, -0.2) is 0 Å². The quantitative estimate of drug-likeness (QED) is 0.708. The van der Waals surface area contributed by atoms with Crippen LogP contribution in [0.25, 0.3) is 0 Å². The van der Waals surface area contributed by atoms with E-state index in [9.17, 15) is 0 Å². The average molecular weight is 354 g/mol. The van der Waals surface area contributed by atoms with Crippen molar-refractivity contribution in [2.75, 3.05) is 39.3 Å². The molecular weight excluding hydrogens is 306 g/mol. The van der Waals surface area contributed by atoms with Gasteiger partial charge < -0.3 is 0 Å². The summed E-state index contributed by atoms with van der Waals surface area (Å²) in [5.74, 6) is 0.916. The largest absolute Gasteiger partial charge is 0.298 e. The molecule has 2 rings (SSSR count). The first-order valence-corrected chi connectivity index (χ1v) is 10.9. The number of likely N-dealkylation sites (tertiary alicyclic amines) is 1. The highest BCUT2D eigenvalue weighted by molar-refractivity contribution is 4.96. The first kappa shape index (κ1) is 22.9. The van der Waals surface area contributed by atoms with Crippen molar-refractivity contribution < 1.29 is 0 Å². The number of piperazine rings is 1. The van der Waals surface area contributed by atoms with Crippen molar-refractivity contribution in [2.45, 2.75) is 98.7 Å². The zero-order chi connectivity index (χ0) is 19.3. The summed E-state index contributed by atoms with van der Waals surface area (Å²) in [5.41, 5.74) is 0.592. The van der Waals surface area contributed by atoms with Crippen LogP contribution in [0, 0.1) is 5.92 Å². The SMILES string of the molecule is CC.CC1CCN(C(C)(C)CC(C)(C)N2CCN(C(C)C)CC2)CC1. The Morgan fingerprint density at radius 2 is 1.16 bits per heavy atom. The zero-order valence-corrected chi connectivity index (χ0v) is 18.9. The van der Waals surface area contributed by atoms with Crippen LogP contribution in [0.5, 0.6) is 0 Å². The Morgan fingerprint density at radius 1 is 0.760 bits per heavy atom. The van der Waals surface area contributed by atoms with Gasteiger partial charge in [0.25, 0.3) is 0 Å². The van der Waals surface area contributed by atoms with Crippen molar-refractivity contribution in [3.63, 3.8) is 0 Å². The van der Waals surface area contributed by atoms with E-state index in [1.165, 1.54) is 58.5 Å². The highest BCUT2D eigenvalue weighted by Gasteiger charge is 2.38. The van der Waals surface area contributed by atoms with E-state index < -0.39 is 0 Å². The molecule has 25 heavy (non-hydrogen) atoms. The van der Waals surface area contributed by atoms with Crippen molar-refractivity contribution in [1.29, 1.82) is 0 Å². The van der Waals surface area contributed by atoms with Crippen LogP contribution in [0.1, 0.15) is 81.6 Å². The average Bonchev–Trinajstić information content (AvgIpc) is 2.56. The molecular formula is C22H47N3. The Bertz CT molecular complexity index is 359. The predicted molar refractivity (Wildman–Crippen MR) is 112 cm³/mol. The second-order valence-electron chi connectivity index (χ2n) is 9.59. The summed E-state index contributed by atoms with van der Waals surface area (Å²) in [6, 6.07) is 0.687. The highest BCUT2D eigenvalue weighted by atomic mass is 15.3. The molecule has 0 amide bonds. The molecule has 3 heteroatoms. The van der Waals surface area contributed by atoms with Crippen LogP contribution in [0.2, 0.25) is 0 Å². The lowest BCUT2D eigenvalue weighted by Gasteiger charge is -2.51. The first-order valence-electron chi connectivity index (χ1n) is 10.9. The van der Waals surface area contributed by atoms with E-state index in [0.717, 1.165) is 5.92 Å². The Labute approximate surface area is 159 Å². The summed E-state index contributed by atoms with van der Waals surface area (Å²) in [5, 5.41) is 0. The predicted octanol–water partition coefficient (Wildman–Crippen LogP) is 4.72. The normalized spacial score (nSPS) is 22.8. The standard InChI is InChI=1S/C20H41N3.C2H6/c1-17(2)21-12-14-23(15-13-21)20(6,7)16-19(4,5)22-10-8-18(3)9-11-22;1-2/h17-18H,8-16H2,1-7H3;1-2H3. The number of hydrogen-bond donors (Lipinski definition) is 0. The van der Waals surface area contributed by atoms with Crippen LogP contribution < -0.4 is 0 Å². The van der Waals surface area contributed by atoms with Gasteiger partial charge in [0.15, 0.2) is 0 Å². The molecule has 150 valence electrons. The van der Waals surface area contributed by atoms with Crippen LogP contribution in [-0.4, -0.2) is 71.1 Å². The molecule has 0 spiro atoms. The summed E-state index contributed by atoms with van der Waals surface area (Å²) in [7, 11) is 0. The van der Waals surface area contributed by atoms with Gasteiger partial charge in [0.1, 0.15) is 0 Å². The number of rotatable bonds is 5. The van der Waals surface area contributed by atoms with E-state index >= 15 is 0 Å². The van der Waals surface area contributed by atoms with Crippen molar-refractivity contribution in [3.8, 4) is 0 Å². The van der Waals surface area contributed by atoms with Gasteiger partial charge in [-0.1, -0.05) is 20.8 Å². The molecule has 2 saturated heterocycles. The summed E-state index contributed by atoms with van der Waals surface area (Å²) < 4.78 is 0. The third kappa shape index (κ3) is 6.52. The van der Waals surface area contributed by atoms with Gasteiger partial charge in [-0.2, -0.15) is 0 Å². The maximum absolute atomic E-state index is 2.75. The van der Waals surface area contributed by atoms with Gasteiger partial charge in [0.05, 0.1) is 0 Å². The van der Waals surface area contributed by atoms with Gasteiger partial charge >= 0.3 is 0 Å². The highest BCUT2D eigenvalue weighted by Crippen LogP contribution is 2.33. The molecule has 2 heterocycles. The van der Waals surface area contributed by atoms with Crippen molar-refractivity contribution in [3.05, 3.63) is 0 Å². The smallest absolute Gasteiger partial charge is 0.0171 e. The lowest BCUT2D eigenvalue weighted by atomic mass is 9.82. The molecule has 2 fully saturated rings. The van der Waals surface area contributed by atoms with Crippen molar-refractivity contribution in [2.24, 2.45) is 5.92 Å². The fourth-order valence-corrected chi connectivity index (χ4v) is 4.74. The van der Waals surface area contributed by atoms with Crippen LogP contribution in [0.3, 0.4) is 0 Å². The molecule has 0 unspecified atom stereocenters. The van der Waals surface area contributed by atoms with E-state index in [4.69, 9.17) is 0 Å². The van der Waals surface area contributed by atoms with E-state index in [1.807, 2.05) is 13.8 Å². The Morgan fingerprint density at radius 3 is 1.56 bits per heavy atom. The second-order valence-corrected chi connectivity index (χ2v) is 9.59. The number of piperidine rings is 1. The minimum atomic E-state index is 0.287. The third-order valence-electron chi connectivity index (χ3n) is 6.41. The van der Waals surface area contributed by atoms with Crippen LogP contribution in [-0.2, 0) is 0 Å². The molecule has 0 aromatic carbocycles. The minimum Gasteiger partial charge on any atom is -0.298 e. The van der Waals surface area contributed by atoms with Crippen LogP contribution in [0.4, 0.5) is 0 Å². The topological polar surface area (TPSA) is 9.72 Å². The lowest BCUT2D eigenvalue weighted by Crippen LogP contribution is -2.59. The van der Waals surface area contributed by atoms with Gasteiger partial charge in [0.2, 0.25) is 0 Å². The van der Waals surface area contributed by atoms with Gasteiger partial charge in [0, 0.05) is 43.3 Å². The van der Waals surface area contributed by atoms with E-state index in [-0.39, 0.29) is 5.54 Å². The molecule has 0 aromatic heterocycles. The maximum Gasteiger partial charge on any atom is 0.0171 e.